The standard InChI is InChI=1S/C14H16ClF3/c1-14(5-3-2-4-6-14)13(15)12-10(17)7-9(16)8-11(12)18/h7-8,13H,2-6H2,1H3. The van der Waals surface area contributed by atoms with Crippen molar-refractivity contribution in [1.82, 2.24) is 0 Å². The molecule has 1 aromatic rings. The molecule has 0 N–H and O–H groups in total. The van der Waals surface area contributed by atoms with Gasteiger partial charge >= 0.3 is 0 Å². The predicted molar refractivity (Wildman–Crippen MR) is 66.1 cm³/mol. The van der Waals surface area contributed by atoms with Gasteiger partial charge in [-0.2, -0.15) is 0 Å². The summed E-state index contributed by atoms with van der Waals surface area (Å²) in [6, 6.07) is 1.39. The normalized spacial score (nSPS) is 20.7. The van der Waals surface area contributed by atoms with Crippen LogP contribution in [0.25, 0.3) is 0 Å². The van der Waals surface area contributed by atoms with Crippen LogP contribution in [0.4, 0.5) is 13.2 Å². The number of halogens is 4. The van der Waals surface area contributed by atoms with Crippen LogP contribution in [-0.2, 0) is 0 Å². The molecule has 0 radical (unpaired) electrons. The summed E-state index contributed by atoms with van der Waals surface area (Å²) in [7, 11) is 0. The molecule has 0 heterocycles. The lowest BCUT2D eigenvalue weighted by Gasteiger charge is -2.38. The molecule has 0 aliphatic heterocycles. The Morgan fingerprint density at radius 3 is 2.06 bits per heavy atom. The Morgan fingerprint density at radius 1 is 1.06 bits per heavy atom. The topological polar surface area (TPSA) is 0 Å². The van der Waals surface area contributed by atoms with Gasteiger partial charge in [0.05, 0.1) is 5.38 Å². The monoisotopic (exact) mass is 276 g/mol. The number of hydrogen-bond acceptors (Lipinski definition) is 0. The summed E-state index contributed by atoms with van der Waals surface area (Å²) in [5.74, 6) is -2.69. The summed E-state index contributed by atoms with van der Waals surface area (Å²) in [5, 5.41) is -0.751. The summed E-state index contributed by atoms with van der Waals surface area (Å²) in [6.07, 6.45) is 4.86. The molecule has 1 aromatic carbocycles. The molecule has 4 heteroatoms. The van der Waals surface area contributed by atoms with Crippen LogP contribution < -0.4 is 0 Å². The van der Waals surface area contributed by atoms with Crippen LogP contribution in [0.1, 0.15) is 50.0 Å². The molecule has 0 aromatic heterocycles. The molecule has 1 fully saturated rings. The molecule has 0 bridgehead atoms. The van der Waals surface area contributed by atoms with Crippen molar-refractivity contribution >= 4 is 11.6 Å². The van der Waals surface area contributed by atoms with Gasteiger partial charge in [-0.1, -0.05) is 26.2 Å². The highest BCUT2D eigenvalue weighted by molar-refractivity contribution is 6.21. The summed E-state index contributed by atoms with van der Waals surface area (Å²) in [5.41, 5.74) is -0.512. The summed E-state index contributed by atoms with van der Waals surface area (Å²) < 4.78 is 40.3. The Bertz CT molecular complexity index is 416. The van der Waals surface area contributed by atoms with Gasteiger partial charge in [-0.3, -0.25) is 0 Å². The molecule has 1 unspecified atom stereocenters. The quantitative estimate of drug-likeness (QED) is 0.638. The highest BCUT2D eigenvalue weighted by Crippen LogP contribution is 2.50. The number of benzene rings is 1. The fraction of sp³-hybridized carbons (Fsp3) is 0.571. The molecule has 0 spiro atoms. The lowest BCUT2D eigenvalue weighted by atomic mass is 9.71. The number of rotatable bonds is 2. The van der Waals surface area contributed by atoms with E-state index in [0.717, 1.165) is 32.1 Å². The van der Waals surface area contributed by atoms with Crippen LogP contribution >= 0.6 is 11.6 Å². The van der Waals surface area contributed by atoms with E-state index in [1.165, 1.54) is 0 Å². The van der Waals surface area contributed by atoms with Crippen molar-refractivity contribution < 1.29 is 13.2 Å². The van der Waals surface area contributed by atoms with E-state index in [0.29, 0.717) is 12.1 Å². The molecular formula is C14H16ClF3. The Hall–Kier alpha value is -0.700. The zero-order valence-corrected chi connectivity index (χ0v) is 11.0. The molecule has 0 saturated heterocycles. The summed E-state index contributed by atoms with van der Waals surface area (Å²) >= 11 is 6.29. The molecule has 1 saturated carbocycles. The highest BCUT2D eigenvalue weighted by atomic mass is 35.5. The summed E-state index contributed by atoms with van der Waals surface area (Å²) in [4.78, 5) is 0. The van der Waals surface area contributed by atoms with Crippen molar-refractivity contribution in [3.63, 3.8) is 0 Å². The van der Waals surface area contributed by atoms with Gasteiger partial charge in [-0.15, -0.1) is 11.6 Å². The predicted octanol–water partition coefficient (Wildman–Crippen LogP) is 5.35. The van der Waals surface area contributed by atoms with E-state index in [4.69, 9.17) is 11.6 Å². The Labute approximate surface area is 110 Å². The van der Waals surface area contributed by atoms with Crippen molar-refractivity contribution in [3.05, 3.63) is 35.1 Å². The van der Waals surface area contributed by atoms with E-state index in [-0.39, 0.29) is 11.0 Å². The van der Waals surface area contributed by atoms with Crippen molar-refractivity contribution in [2.24, 2.45) is 5.41 Å². The van der Waals surface area contributed by atoms with Crippen molar-refractivity contribution in [2.45, 2.75) is 44.4 Å². The van der Waals surface area contributed by atoms with Gasteiger partial charge in [0.2, 0.25) is 0 Å². The van der Waals surface area contributed by atoms with Gasteiger partial charge in [0.15, 0.2) is 0 Å². The Kier molecular flexibility index (Phi) is 3.90. The third-order valence-corrected chi connectivity index (χ3v) is 4.65. The fourth-order valence-corrected chi connectivity index (χ4v) is 3.18. The summed E-state index contributed by atoms with van der Waals surface area (Å²) in [6.45, 7) is 1.95. The first kappa shape index (κ1) is 13.7. The van der Waals surface area contributed by atoms with E-state index in [2.05, 4.69) is 0 Å². The Balaban J connectivity index is 2.36. The minimum absolute atomic E-state index is 0.192. The van der Waals surface area contributed by atoms with Crippen molar-refractivity contribution in [3.8, 4) is 0 Å². The van der Waals surface area contributed by atoms with Gasteiger partial charge in [0.25, 0.3) is 0 Å². The maximum atomic E-state index is 13.7. The maximum absolute atomic E-state index is 13.7. The first-order valence-electron chi connectivity index (χ1n) is 6.22. The zero-order chi connectivity index (χ0) is 13.3. The lowest BCUT2D eigenvalue weighted by molar-refractivity contribution is 0.201. The maximum Gasteiger partial charge on any atom is 0.133 e. The van der Waals surface area contributed by atoms with Gasteiger partial charge in [-0.05, 0) is 18.3 Å². The first-order chi connectivity index (χ1) is 8.44. The minimum Gasteiger partial charge on any atom is -0.207 e. The van der Waals surface area contributed by atoms with Crippen LogP contribution in [0.2, 0.25) is 0 Å². The van der Waals surface area contributed by atoms with Crippen LogP contribution in [0.15, 0.2) is 12.1 Å². The van der Waals surface area contributed by atoms with Gasteiger partial charge in [0, 0.05) is 17.7 Å². The molecular weight excluding hydrogens is 261 g/mol. The average molecular weight is 277 g/mol. The molecule has 1 aliphatic carbocycles. The van der Waals surface area contributed by atoms with Gasteiger partial charge in [0.1, 0.15) is 17.5 Å². The molecule has 2 rings (SSSR count). The fourth-order valence-electron chi connectivity index (χ4n) is 2.76. The third kappa shape index (κ3) is 2.51. The second kappa shape index (κ2) is 5.12. The number of alkyl halides is 1. The molecule has 1 atom stereocenters. The largest absolute Gasteiger partial charge is 0.207 e. The zero-order valence-electron chi connectivity index (χ0n) is 10.3. The van der Waals surface area contributed by atoms with E-state index < -0.39 is 22.8 Å². The second-order valence-corrected chi connectivity index (χ2v) is 5.80. The number of hydrogen-bond donors (Lipinski definition) is 0. The molecule has 100 valence electrons. The van der Waals surface area contributed by atoms with Crippen LogP contribution in [-0.4, -0.2) is 0 Å². The molecule has 18 heavy (non-hydrogen) atoms. The first-order valence-corrected chi connectivity index (χ1v) is 6.66. The van der Waals surface area contributed by atoms with Crippen LogP contribution in [0.3, 0.4) is 0 Å². The highest BCUT2D eigenvalue weighted by Gasteiger charge is 2.38. The van der Waals surface area contributed by atoms with Gasteiger partial charge in [-0.25, -0.2) is 13.2 Å². The second-order valence-electron chi connectivity index (χ2n) is 5.36. The van der Waals surface area contributed by atoms with E-state index in [9.17, 15) is 13.2 Å². The molecule has 1 aliphatic rings. The SMILES string of the molecule is CC1(C(Cl)c2c(F)cc(F)cc2F)CCCCC1. The molecule has 0 nitrogen and oxygen atoms in total. The third-order valence-electron chi connectivity index (χ3n) is 3.90. The molecule has 0 amide bonds. The average Bonchev–Trinajstić information content (AvgIpc) is 2.28. The lowest BCUT2D eigenvalue weighted by Crippen LogP contribution is -2.26. The van der Waals surface area contributed by atoms with E-state index in [1.807, 2.05) is 6.92 Å². The van der Waals surface area contributed by atoms with Crippen molar-refractivity contribution in [2.75, 3.05) is 0 Å². The van der Waals surface area contributed by atoms with Crippen molar-refractivity contribution in [1.29, 1.82) is 0 Å². The van der Waals surface area contributed by atoms with Crippen LogP contribution in [0.5, 0.6) is 0 Å². The smallest absolute Gasteiger partial charge is 0.133 e. The Morgan fingerprint density at radius 2 is 1.56 bits per heavy atom. The van der Waals surface area contributed by atoms with E-state index >= 15 is 0 Å². The van der Waals surface area contributed by atoms with Gasteiger partial charge < -0.3 is 0 Å². The van der Waals surface area contributed by atoms with Crippen LogP contribution in [0, 0.1) is 22.9 Å². The minimum atomic E-state index is -0.911. The van der Waals surface area contributed by atoms with E-state index in [1.54, 1.807) is 0 Å².